The van der Waals surface area contributed by atoms with Crippen molar-refractivity contribution < 1.29 is 4.39 Å². The Morgan fingerprint density at radius 1 is 1.11 bits per heavy atom. The van der Waals surface area contributed by atoms with E-state index in [2.05, 4.69) is 4.98 Å². The number of benzene rings is 2. The fraction of sp³-hybridized carbons (Fsp3) is 0. The van der Waals surface area contributed by atoms with Gasteiger partial charge in [-0.1, -0.05) is 29.3 Å². The van der Waals surface area contributed by atoms with E-state index in [4.69, 9.17) is 35.4 Å². The number of halogens is 3. The average molecular weight is 313 g/mol. The molecule has 0 amide bonds. The van der Waals surface area contributed by atoms with Gasteiger partial charge in [-0.05, 0) is 42.5 Å². The Kier molecular flexibility index (Phi) is 3.09. The third-order valence-corrected chi connectivity index (χ3v) is 3.85. The lowest BCUT2D eigenvalue weighted by Crippen LogP contribution is -1.93. The number of nitrogens with one attached hydrogen (secondary N) is 1. The highest BCUT2D eigenvalue weighted by molar-refractivity contribution is 7.71. The molecule has 2 aromatic carbocycles. The molecule has 0 saturated heterocycles. The number of H-pyrrole nitrogens is 1. The summed E-state index contributed by atoms with van der Waals surface area (Å²) in [4.78, 5) is 2.85. The highest BCUT2D eigenvalue weighted by atomic mass is 35.5. The molecule has 0 unspecified atom stereocenters. The zero-order chi connectivity index (χ0) is 13.6. The molecule has 1 aromatic heterocycles. The molecule has 0 spiro atoms. The number of rotatable bonds is 1. The maximum atomic E-state index is 13.7. The van der Waals surface area contributed by atoms with Crippen LogP contribution < -0.4 is 0 Å². The van der Waals surface area contributed by atoms with Gasteiger partial charge in [0, 0.05) is 0 Å². The standard InChI is InChI=1S/C13H7Cl2FN2S/c14-8-5-4-7(6-9(8)15)18-11-3-1-2-10(16)12(11)17-13(18)19/h1-6H,(H,17,19). The summed E-state index contributed by atoms with van der Waals surface area (Å²) in [5.41, 5.74) is 1.76. The molecule has 0 saturated carbocycles. The third-order valence-electron chi connectivity index (χ3n) is 2.83. The molecule has 0 radical (unpaired) electrons. The van der Waals surface area contributed by atoms with Crippen LogP contribution in [0.15, 0.2) is 36.4 Å². The smallest absolute Gasteiger partial charge is 0.182 e. The van der Waals surface area contributed by atoms with Crippen LogP contribution in [0.2, 0.25) is 10.0 Å². The topological polar surface area (TPSA) is 20.7 Å². The predicted molar refractivity (Wildman–Crippen MR) is 78.4 cm³/mol. The van der Waals surface area contributed by atoms with E-state index in [-0.39, 0.29) is 5.82 Å². The molecule has 3 rings (SSSR count). The number of hydrogen-bond acceptors (Lipinski definition) is 1. The Balaban J connectivity index is 2.36. The van der Waals surface area contributed by atoms with Crippen molar-refractivity contribution in [1.82, 2.24) is 9.55 Å². The highest BCUT2D eigenvalue weighted by Crippen LogP contribution is 2.27. The van der Waals surface area contributed by atoms with Crippen LogP contribution in [0.25, 0.3) is 16.7 Å². The van der Waals surface area contributed by atoms with Gasteiger partial charge >= 0.3 is 0 Å². The monoisotopic (exact) mass is 312 g/mol. The Morgan fingerprint density at radius 2 is 1.89 bits per heavy atom. The van der Waals surface area contributed by atoms with Gasteiger partial charge < -0.3 is 4.98 Å². The quantitative estimate of drug-likeness (QED) is 0.617. The fourth-order valence-corrected chi connectivity index (χ4v) is 2.57. The SMILES string of the molecule is Fc1cccc2c1[nH]c(=S)n2-c1ccc(Cl)c(Cl)c1. The molecule has 2 nitrogen and oxygen atoms in total. The van der Waals surface area contributed by atoms with Crippen molar-refractivity contribution >= 4 is 46.5 Å². The first kappa shape index (κ1) is 12.7. The van der Waals surface area contributed by atoms with Crippen LogP contribution in [0.4, 0.5) is 4.39 Å². The van der Waals surface area contributed by atoms with Gasteiger partial charge in [0.15, 0.2) is 4.77 Å². The first-order chi connectivity index (χ1) is 9.08. The Hall–Kier alpha value is -1.36. The molecule has 0 aliphatic carbocycles. The van der Waals surface area contributed by atoms with Gasteiger partial charge in [-0.25, -0.2) is 4.39 Å². The largest absolute Gasteiger partial charge is 0.328 e. The molecule has 0 fully saturated rings. The van der Waals surface area contributed by atoms with E-state index >= 15 is 0 Å². The van der Waals surface area contributed by atoms with E-state index in [1.165, 1.54) is 6.07 Å². The minimum absolute atomic E-state index is 0.345. The molecule has 0 aliphatic heterocycles. The van der Waals surface area contributed by atoms with Crippen molar-refractivity contribution in [3.05, 3.63) is 57.0 Å². The Bertz CT molecular complexity index is 838. The summed E-state index contributed by atoms with van der Waals surface area (Å²) in [6, 6.07) is 9.95. The summed E-state index contributed by atoms with van der Waals surface area (Å²) in [7, 11) is 0. The Morgan fingerprint density at radius 3 is 2.63 bits per heavy atom. The van der Waals surface area contributed by atoms with Crippen LogP contribution in [-0.4, -0.2) is 9.55 Å². The minimum Gasteiger partial charge on any atom is -0.328 e. The van der Waals surface area contributed by atoms with Gasteiger partial charge in [0.25, 0.3) is 0 Å². The molecular weight excluding hydrogens is 306 g/mol. The van der Waals surface area contributed by atoms with Crippen LogP contribution in [0.5, 0.6) is 0 Å². The number of hydrogen-bond donors (Lipinski definition) is 1. The van der Waals surface area contributed by atoms with Gasteiger partial charge in [0.05, 0.1) is 21.2 Å². The summed E-state index contributed by atoms with van der Waals surface area (Å²) < 4.78 is 15.8. The van der Waals surface area contributed by atoms with E-state index in [0.717, 1.165) is 5.69 Å². The molecule has 96 valence electrons. The fourth-order valence-electron chi connectivity index (χ4n) is 1.98. The van der Waals surface area contributed by atoms with Crippen LogP contribution >= 0.6 is 35.4 Å². The second-order valence-electron chi connectivity index (χ2n) is 4.00. The van der Waals surface area contributed by atoms with Crippen molar-refractivity contribution in [1.29, 1.82) is 0 Å². The third kappa shape index (κ3) is 2.06. The molecule has 3 aromatic rings. The van der Waals surface area contributed by atoms with E-state index < -0.39 is 0 Å². The lowest BCUT2D eigenvalue weighted by atomic mass is 10.2. The van der Waals surface area contributed by atoms with Crippen LogP contribution in [0.3, 0.4) is 0 Å². The first-order valence-electron chi connectivity index (χ1n) is 5.42. The van der Waals surface area contributed by atoms with Crippen LogP contribution in [0.1, 0.15) is 0 Å². The van der Waals surface area contributed by atoms with E-state index in [1.807, 2.05) is 0 Å². The van der Waals surface area contributed by atoms with Crippen molar-refractivity contribution in [2.24, 2.45) is 0 Å². The highest BCUT2D eigenvalue weighted by Gasteiger charge is 2.10. The van der Waals surface area contributed by atoms with E-state index in [9.17, 15) is 4.39 Å². The molecular formula is C13H7Cl2FN2S. The number of para-hydroxylation sites is 1. The van der Waals surface area contributed by atoms with Crippen LogP contribution in [0, 0.1) is 10.6 Å². The lowest BCUT2D eigenvalue weighted by Gasteiger charge is -2.06. The maximum absolute atomic E-state index is 13.7. The number of fused-ring (bicyclic) bond motifs is 1. The molecule has 1 heterocycles. The summed E-state index contributed by atoms with van der Waals surface area (Å²) in [6.45, 7) is 0. The molecule has 0 bridgehead atoms. The molecule has 6 heteroatoms. The molecule has 0 aliphatic rings. The lowest BCUT2D eigenvalue weighted by molar-refractivity contribution is 0.637. The summed E-state index contributed by atoms with van der Waals surface area (Å²) in [5, 5.41) is 0.884. The Labute approximate surface area is 123 Å². The molecule has 19 heavy (non-hydrogen) atoms. The molecule has 0 atom stereocenters. The van der Waals surface area contributed by atoms with Crippen molar-refractivity contribution in [3.8, 4) is 5.69 Å². The molecule has 1 N–H and O–H groups in total. The van der Waals surface area contributed by atoms with E-state index in [0.29, 0.717) is 25.8 Å². The van der Waals surface area contributed by atoms with Gasteiger partial charge in [-0.2, -0.15) is 0 Å². The number of imidazole rings is 1. The van der Waals surface area contributed by atoms with Crippen molar-refractivity contribution in [2.45, 2.75) is 0 Å². The van der Waals surface area contributed by atoms with Gasteiger partial charge in [0.1, 0.15) is 11.3 Å². The zero-order valence-corrected chi connectivity index (χ0v) is 11.8. The van der Waals surface area contributed by atoms with Crippen molar-refractivity contribution in [2.75, 3.05) is 0 Å². The zero-order valence-electron chi connectivity index (χ0n) is 9.45. The first-order valence-corrected chi connectivity index (χ1v) is 6.59. The van der Waals surface area contributed by atoms with Gasteiger partial charge in [0.2, 0.25) is 0 Å². The van der Waals surface area contributed by atoms with E-state index in [1.54, 1.807) is 34.9 Å². The average Bonchev–Trinajstić information content (AvgIpc) is 2.71. The second kappa shape index (κ2) is 4.63. The number of aromatic nitrogens is 2. The summed E-state index contributed by atoms with van der Waals surface area (Å²) >= 11 is 17.1. The summed E-state index contributed by atoms with van der Waals surface area (Å²) in [5.74, 6) is -0.345. The second-order valence-corrected chi connectivity index (χ2v) is 5.20. The number of aromatic amines is 1. The maximum Gasteiger partial charge on any atom is 0.182 e. The van der Waals surface area contributed by atoms with Crippen LogP contribution in [-0.2, 0) is 0 Å². The van der Waals surface area contributed by atoms with Gasteiger partial charge in [-0.3, -0.25) is 4.57 Å². The van der Waals surface area contributed by atoms with Crippen molar-refractivity contribution in [3.63, 3.8) is 0 Å². The van der Waals surface area contributed by atoms with Gasteiger partial charge in [-0.15, -0.1) is 0 Å². The summed E-state index contributed by atoms with van der Waals surface area (Å²) in [6.07, 6.45) is 0. The normalized spacial score (nSPS) is 11.1. The minimum atomic E-state index is -0.345. The number of nitrogens with zero attached hydrogens (tertiary/aromatic N) is 1. The predicted octanol–water partition coefficient (Wildman–Crippen LogP) is 5.13.